The molecular formula is C61H51GeIrN5O-2. The van der Waals surface area contributed by atoms with Crippen molar-refractivity contribution in [3.8, 4) is 45.3 Å². The van der Waals surface area contributed by atoms with Gasteiger partial charge >= 0.3 is 99.8 Å². The van der Waals surface area contributed by atoms with Crippen molar-refractivity contribution < 1.29 is 24.5 Å². The van der Waals surface area contributed by atoms with Gasteiger partial charge in [-0.2, -0.15) is 0 Å². The van der Waals surface area contributed by atoms with Crippen LogP contribution in [-0.2, 0) is 25.5 Å². The largest absolute Gasteiger partial charge is 0 e. The first-order valence-electron chi connectivity index (χ1n) is 23.3. The predicted molar refractivity (Wildman–Crippen MR) is 285 cm³/mol. The quantitative estimate of drug-likeness (QED) is 0.123. The summed E-state index contributed by atoms with van der Waals surface area (Å²) in [5.41, 5.74) is 14.9. The molecule has 0 atom stereocenters. The number of fused-ring (bicyclic) bond motifs is 7. The van der Waals surface area contributed by atoms with E-state index in [2.05, 4.69) is 193 Å². The molecule has 8 heteroatoms. The van der Waals surface area contributed by atoms with Crippen LogP contribution in [0.2, 0.25) is 17.3 Å². The fraction of sp³-hybridized carbons (Fsp3) is 0.131. The number of rotatable bonds is 6. The molecule has 7 aromatic carbocycles. The van der Waals surface area contributed by atoms with E-state index in [-0.39, 0.29) is 25.5 Å². The van der Waals surface area contributed by atoms with Crippen molar-refractivity contribution in [1.29, 1.82) is 0 Å². The van der Waals surface area contributed by atoms with Crippen LogP contribution in [0.4, 0.5) is 0 Å². The van der Waals surface area contributed by atoms with Crippen molar-refractivity contribution in [3.05, 3.63) is 205 Å². The Labute approximate surface area is 419 Å². The standard InChI is InChI=1S/C47H35N4O.C14H16GeN.Ir/c1-29-19-22-37(44-43(29)36-25-26-38(49-46(36)52-44)30-13-7-5-8-14-30)45-48-39-17-11-12-18-40(39)51(45)33-21-24-35-34-23-20-31(47(2,3)4)27-41(34)50(42(35)28-33)32-15-9-6-10-16-32;1-15(2,3)13-9-10-14(16-11-13)12-7-5-4-6-8-12;/h5-21,23-28H,1-4H3;4-7,9-11H,1-3H3;/q2*-1;. The molecule has 12 rings (SSSR count). The van der Waals surface area contributed by atoms with Crippen LogP contribution in [0.5, 0.6) is 0 Å². The number of aromatic nitrogens is 5. The molecular weight excluding hydrogens is 1080 g/mol. The Hall–Kier alpha value is -6.90. The van der Waals surface area contributed by atoms with Crippen LogP contribution in [-0.4, -0.2) is 37.4 Å². The van der Waals surface area contributed by atoms with Gasteiger partial charge in [-0.15, -0.1) is 17.7 Å². The van der Waals surface area contributed by atoms with Crippen LogP contribution in [0.25, 0.3) is 100 Å². The van der Waals surface area contributed by atoms with Crippen LogP contribution in [0, 0.1) is 19.1 Å². The molecule has 0 saturated carbocycles. The van der Waals surface area contributed by atoms with Crippen molar-refractivity contribution >= 4 is 72.6 Å². The van der Waals surface area contributed by atoms with E-state index in [0.29, 0.717) is 5.71 Å². The van der Waals surface area contributed by atoms with Crippen LogP contribution < -0.4 is 4.40 Å². The number of pyridine rings is 2. The van der Waals surface area contributed by atoms with Crippen LogP contribution in [0.15, 0.2) is 187 Å². The minimum Gasteiger partial charge on any atom is 0 e. The molecule has 0 amide bonds. The smallest absolute Gasteiger partial charge is 0 e. The molecule has 0 saturated heterocycles. The maximum absolute atomic E-state index is 6.69. The maximum atomic E-state index is 6.69. The van der Waals surface area contributed by atoms with Gasteiger partial charge in [-0.3, -0.25) is 4.98 Å². The molecule has 12 aromatic rings. The topological polar surface area (TPSA) is 61.7 Å². The summed E-state index contributed by atoms with van der Waals surface area (Å²) in [5, 5.41) is 4.44. The van der Waals surface area contributed by atoms with Gasteiger partial charge in [0.05, 0.1) is 39.2 Å². The molecule has 0 unspecified atom stereocenters. The first-order chi connectivity index (χ1) is 32.9. The molecule has 0 aliphatic heterocycles. The first-order valence-corrected chi connectivity index (χ1v) is 30.6. The van der Waals surface area contributed by atoms with Crippen LogP contribution >= 0.6 is 0 Å². The molecule has 0 spiro atoms. The third-order valence-corrected chi connectivity index (χ3v) is 17.2. The SMILES string of the molecule is Cc1c[c-]c(-c2nc3ccccc3n2-c2ccc3c4ccc(C(C)(C)C)cc4n(-c4ccccc4)c3c2)c2oc3nc(-c4ccccc4)ccc3c12.[CH3][Ge]([CH3])([CH3])[c]1ccc(-c2[c-]cccc2)nc1.[Ir]. The number of furan rings is 1. The zero-order valence-electron chi connectivity index (χ0n) is 39.8. The summed E-state index contributed by atoms with van der Waals surface area (Å²) in [4.78, 5) is 14.8. The third kappa shape index (κ3) is 8.54. The van der Waals surface area contributed by atoms with E-state index in [1.54, 1.807) is 0 Å². The van der Waals surface area contributed by atoms with Gasteiger partial charge in [0.15, 0.2) is 0 Å². The Morgan fingerprint density at radius 1 is 0.594 bits per heavy atom. The normalized spacial score (nSPS) is 11.9. The monoisotopic (exact) mass is 1140 g/mol. The molecule has 341 valence electrons. The summed E-state index contributed by atoms with van der Waals surface area (Å²) in [5.74, 6) is 7.91. The Morgan fingerprint density at radius 2 is 1.28 bits per heavy atom. The molecule has 6 nitrogen and oxygen atoms in total. The minimum atomic E-state index is -1.72. The summed E-state index contributed by atoms with van der Waals surface area (Å²) in [6, 6.07) is 68.2. The second kappa shape index (κ2) is 18.2. The molecule has 0 bridgehead atoms. The van der Waals surface area contributed by atoms with Gasteiger partial charge in [-0.1, -0.05) is 118 Å². The summed E-state index contributed by atoms with van der Waals surface area (Å²) >= 11 is -1.72. The maximum Gasteiger partial charge on any atom is 0 e. The molecule has 5 heterocycles. The Balaban J connectivity index is 0.000000277. The van der Waals surface area contributed by atoms with Gasteiger partial charge in [-0.05, 0) is 65.6 Å². The molecule has 0 aliphatic rings. The summed E-state index contributed by atoms with van der Waals surface area (Å²) in [6.07, 6.45) is 2.04. The van der Waals surface area contributed by atoms with E-state index in [0.717, 1.165) is 83.7 Å². The van der Waals surface area contributed by atoms with Gasteiger partial charge < -0.3 is 13.6 Å². The third-order valence-electron chi connectivity index (χ3n) is 13.0. The molecule has 5 aromatic heterocycles. The van der Waals surface area contributed by atoms with E-state index in [1.165, 1.54) is 26.2 Å². The predicted octanol–water partition coefficient (Wildman–Crippen LogP) is 15.2. The van der Waals surface area contributed by atoms with Gasteiger partial charge in [-0.25, -0.2) is 4.98 Å². The van der Waals surface area contributed by atoms with E-state index in [9.17, 15) is 0 Å². The Morgan fingerprint density at radius 3 is 1.99 bits per heavy atom. The van der Waals surface area contributed by atoms with Gasteiger partial charge in [0, 0.05) is 53.2 Å². The van der Waals surface area contributed by atoms with Gasteiger partial charge in [0.2, 0.25) is 5.71 Å². The first kappa shape index (κ1) is 45.9. The molecule has 69 heavy (non-hydrogen) atoms. The van der Waals surface area contributed by atoms with E-state index in [1.807, 2.05) is 60.8 Å². The van der Waals surface area contributed by atoms with Crippen molar-refractivity contribution in [2.75, 3.05) is 0 Å². The zero-order valence-corrected chi connectivity index (χ0v) is 44.3. The Bertz CT molecular complexity index is 3810. The number of hydrogen-bond acceptors (Lipinski definition) is 4. The summed E-state index contributed by atoms with van der Waals surface area (Å²) < 4.78 is 12.8. The Kier molecular flexibility index (Phi) is 12.1. The molecule has 1 radical (unpaired) electrons. The van der Waals surface area contributed by atoms with Gasteiger partial charge in [0.1, 0.15) is 0 Å². The number of aryl methyl sites for hydroxylation is 1. The van der Waals surface area contributed by atoms with Crippen molar-refractivity contribution in [1.82, 2.24) is 24.1 Å². The minimum absolute atomic E-state index is 0. The molecule has 0 fully saturated rings. The van der Waals surface area contributed by atoms with Crippen molar-refractivity contribution in [3.63, 3.8) is 0 Å². The number of imidazole rings is 1. The number of benzene rings is 7. The fourth-order valence-electron chi connectivity index (χ4n) is 9.27. The van der Waals surface area contributed by atoms with E-state index in [4.69, 9.17) is 14.4 Å². The summed E-state index contributed by atoms with van der Waals surface area (Å²) in [6.45, 7) is 8.92. The second-order valence-corrected chi connectivity index (χ2v) is 30.3. The number of para-hydroxylation sites is 3. The average Bonchev–Trinajstić information content (AvgIpc) is 4.04. The number of hydrogen-bond donors (Lipinski definition) is 0. The van der Waals surface area contributed by atoms with Crippen LogP contribution in [0.3, 0.4) is 0 Å². The number of nitrogens with zero attached hydrogens (tertiary/aromatic N) is 5. The van der Waals surface area contributed by atoms with Crippen molar-refractivity contribution in [2.24, 2.45) is 0 Å². The second-order valence-electron chi connectivity index (χ2n) is 19.6. The molecule has 0 N–H and O–H groups in total. The zero-order chi connectivity index (χ0) is 46.7. The average molecular weight is 1130 g/mol. The van der Waals surface area contributed by atoms with E-state index < -0.39 is 13.3 Å². The van der Waals surface area contributed by atoms with Crippen LogP contribution in [0.1, 0.15) is 31.9 Å². The molecule has 0 aliphatic carbocycles. The summed E-state index contributed by atoms with van der Waals surface area (Å²) in [7, 11) is 0. The van der Waals surface area contributed by atoms with E-state index >= 15 is 0 Å². The van der Waals surface area contributed by atoms with Gasteiger partial charge in [0.25, 0.3) is 0 Å². The fourth-order valence-corrected chi connectivity index (χ4v) is 11.4. The van der Waals surface area contributed by atoms with Crippen molar-refractivity contribution in [2.45, 2.75) is 50.4 Å².